The number of hydrogen-bond acceptors (Lipinski definition) is 4. The summed E-state index contributed by atoms with van der Waals surface area (Å²) < 4.78 is 7.37. The first kappa shape index (κ1) is 24.5. The number of piperidine rings is 1. The molecule has 7 nitrogen and oxygen atoms in total. The van der Waals surface area contributed by atoms with E-state index < -0.39 is 0 Å². The van der Waals surface area contributed by atoms with Crippen LogP contribution in [0, 0.1) is 5.92 Å². The van der Waals surface area contributed by atoms with Gasteiger partial charge in [-0.15, -0.1) is 0 Å². The summed E-state index contributed by atoms with van der Waals surface area (Å²) in [7, 11) is 1.63. The average molecular weight is 476 g/mol. The highest BCUT2D eigenvalue weighted by Crippen LogP contribution is 2.30. The molecule has 0 atom stereocenters. The molecule has 184 valence electrons. The maximum Gasteiger partial charge on any atom is 0.309 e. The highest BCUT2D eigenvalue weighted by Gasteiger charge is 2.28. The first-order valence-corrected chi connectivity index (χ1v) is 12.3. The number of para-hydroxylation sites is 1. The lowest BCUT2D eigenvalue weighted by atomic mass is 9.97. The number of likely N-dealkylation sites (tertiary alicyclic amines) is 1. The minimum absolute atomic E-state index is 0.0102. The summed E-state index contributed by atoms with van der Waals surface area (Å²) >= 11 is 0. The van der Waals surface area contributed by atoms with Crippen LogP contribution in [0.1, 0.15) is 32.3 Å². The monoisotopic (exact) mass is 475 g/mol. The molecule has 4 rings (SSSR count). The topological polar surface area (TPSA) is 71.8 Å². The van der Waals surface area contributed by atoms with Crippen molar-refractivity contribution in [3.63, 3.8) is 0 Å². The van der Waals surface area contributed by atoms with Crippen molar-refractivity contribution >= 4 is 45.7 Å². The average Bonchev–Trinajstić information content (AvgIpc) is 3.20. The lowest BCUT2D eigenvalue weighted by molar-refractivity contribution is -0.151. The number of aryl methyl sites for hydroxylation is 1. The number of benzene rings is 2. The lowest BCUT2D eigenvalue weighted by Crippen LogP contribution is -2.45. The van der Waals surface area contributed by atoms with E-state index in [1.807, 2.05) is 18.2 Å². The van der Waals surface area contributed by atoms with Crippen LogP contribution in [0.5, 0.6) is 0 Å². The van der Waals surface area contributed by atoms with Gasteiger partial charge in [0.15, 0.2) is 0 Å². The number of rotatable bonds is 7. The molecule has 7 heteroatoms. The Balaban J connectivity index is 1.37. The molecule has 1 aromatic heterocycles. The Bertz CT molecular complexity index is 1270. The number of esters is 1. The van der Waals surface area contributed by atoms with Gasteiger partial charge < -0.3 is 19.1 Å². The molecule has 0 aliphatic carbocycles. The number of fused-ring (bicyclic) bond motifs is 3. The van der Waals surface area contributed by atoms with Crippen molar-refractivity contribution in [2.45, 2.75) is 33.2 Å². The van der Waals surface area contributed by atoms with E-state index >= 15 is 0 Å². The van der Waals surface area contributed by atoms with Gasteiger partial charge >= 0.3 is 5.97 Å². The molecule has 2 heterocycles. The normalized spacial score (nSPS) is 14.7. The van der Waals surface area contributed by atoms with E-state index in [0.29, 0.717) is 32.5 Å². The first-order chi connectivity index (χ1) is 16.9. The Morgan fingerprint density at radius 3 is 2.46 bits per heavy atom. The lowest BCUT2D eigenvalue weighted by Gasteiger charge is -2.32. The second-order valence-electron chi connectivity index (χ2n) is 8.97. The third kappa shape index (κ3) is 5.24. The minimum Gasteiger partial charge on any atom is -0.466 e. The van der Waals surface area contributed by atoms with E-state index in [9.17, 15) is 14.4 Å². The summed E-state index contributed by atoms with van der Waals surface area (Å²) in [5.41, 5.74) is 3.31. The van der Waals surface area contributed by atoms with Gasteiger partial charge in [0.05, 0.1) is 19.1 Å². The van der Waals surface area contributed by atoms with Gasteiger partial charge in [0.1, 0.15) is 0 Å². The molecule has 0 N–H and O–H groups in total. The van der Waals surface area contributed by atoms with Gasteiger partial charge in [-0.2, -0.15) is 0 Å². The van der Waals surface area contributed by atoms with Gasteiger partial charge in [0.2, 0.25) is 11.8 Å². The smallest absolute Gasteiger partial charge is 0.309 e. The van der Waals surface area contributed by atoms with Crippen molar-refractivity contribution in [3.05, 3.63) is 54.1 Å². The van der Waals surface area contributed by atoms with Crippen LogP contribution in [0.4, 0.5) is 0 Å². The zero-order valence-electron chi connectivity index (χ0n) is 20.7. The summed E-state index contributed by atoms with van der Waals surface area (Å²) in [6.07, 6.45) is 4.50. The molecule has 0 saturated carbocycles. The zero-order chi connectivity index (χ0) is 24.9. The molecule has 3 aromatic rings. The van der Waals surface area contributed by atoms with Crippen LogP contribution in [0.3, 0.4) is 0 Å². The molecular weight excluding hydrogens is 442 g/mol. The summed E-state index contributed by atoms with van der Waals surface area (Å²) in [4.78, 5) is 40.4. The summed E-state index contributed by atoms with van der Waals surface area (Å²) in [5, 5.41) is 2.35. The minimum atomic E-state index is -0.226. The van der Waals surface area contributed by atoms with Crippen LogP contribution in [-0.4, -0.2) is 65.4 Å². The molecular formula is C28H33N3O4. The SMILES string of the molecule is CCOC(=O)C1CCN(C(=O)CN(C)C(=O)/C=C/c2ccc3c(c2)c2ccccc2n3CC)CC1. The second-order valence-corrected chi connectivity index (χ2v) is 8.97. The maximum atomic E-state index is 12.7. The molecule has 2 aromatic carbocycles. The fourth-order valence-corrected chi connectivity index (χ4v) is 4.82. The largest absolute Gasteiger partial charge is 0.466 e. The van der Waals surface area contributed by atoms with Crippen LogP contribution >= 0.6 is 0 Å². The van der Waals surface area contributed by atoms with Crippen molar-refractivity contribution in [2.24, 2.45) is 5.92 Å². The van der Waals surface area contributed by atoms with Crippen molar-refractivity contribution in [3.8, 4) is 0 Å². The Morgan fingerprint density at radius 2 is 1.74 bits per heavy atom. The molecule has 0 spiro atoms. The molecule has 1 aliphatic rings. The third-order valence-corrected chi connectivity index (χ3v) is 6.75. The van der Waals surface area contributed by atoms with Crippen molar-refractivity contribution in [1.29, 1.82) is 0 Å². The van der Waals surface area contributed by atoms with Gasteiger partial charge in [-0.25, -0.2) is 0 Å². The number of amides is 2. The van der Waals surface area contributed by atoms with E-state index in [0.717, 1.165) is 17.5 Å². The molecule has 35 heavy (non-hydrogen) atoms. The Kier molecular flexibility index (Phi) is 7.54. The Labute approximate surface area is 205 Å². The van der Waals surface area contributed by atoms with Crippen molar-refractivity contribution in [2.75, 3.05) is 33.3 Å². The predicted octanol–water partition coefficient (Wildman–Crippen LogP) is 4.09. The van der Waals surface area contributed by atoms with E-state index in [1.165, 1.54) is 27.4 Å². The van der Waals surface area contributed by atoms with Crippen LogP contribution < -0.4 is 0 Å². The number of likely N-dealkylation sites (N-methyl/N-ethyl adjacent to an activating group) is 1. The van der Waals surface area contributed by atoms with E-state index in [4.69, 9.17) is 4.74 Å². The summed E-state index contributed by atoms with van der Waals surface area (Å²) in [5.74, 6) is -0.666. The molecule has 0 bridgehead atoms. The van der Waals surface area contributed by atoms with Gasteiger partial charge in [-0.3, -0.25) is 14.4 Å². The van der Waals surface area contributed by atoms with Gasteiger partial charge in [0, 0.05) is 54.6 Å². The Morgan fingerprint density at radius 1 is 1.03 bits per heavy atom. The molecule has 0 unspecified atom stereocenters. The number of hydrogen-bond donors (Lipinski definition) is 0. The van der Waals surface area contributed by atoms with E-state index in [2.05, 4.69) is 35.8 Å². The number of carbonyl (C=O) groups is 3. The Hall–Kier alpha value is -3.61. The van der Waals surface area contributed by atoms with Gasteiger partial charge in [-0.1, -0.05) is 24.3 Å². The maximum absolute atomic E-state index is 12.7. The molecule has 1 saturated heterocycles. The molecule has 2 amide bonds. The van der Waals surface area contributed by atoms with Gasteiger partial charge in [0.25, 0.3) is 0 Å². The number of carbonyl (C=O) groups excluding carboxylic acids is 3. The van der Waals surface area contributed by atoms with E-state index in [1.54, 1.807) is 24.9 Å². The van der Waals surface area contributed by atoms with Crippen molar-refractivity contribution in [1.82, 2.24) is 14.4 Å². The highest BCUT2D eigenvalue weighted by molar-refractivity contribution is 6.08. The second kappa shape index (κ2) is 10.8. The molecule has 1 fully saturated rings. The van der Waals surface area contributed by atoms with Crippen LogP contribution in [0.2, 0.25) is 0 Å². The molecule has 1 aliphatic heterocycles. The number of ether oxygens (including phenoxy) is 1. The van der Waals surface area contributed by atoms with Crippen LogP contribution in [-0.2, 0) is 25.7 Å². The zero-order valence-corrected chi connectivity index (χ0v) is 20.7. The standard InChI is InChI=1S/C28H33N3O4/c1-4-31-24-9-7-6-8-22(24)23-18-20(10-12-25(23)31)11-13-26(32)29(3)19-27(33)30-16-14-21(15-17-30)28(34)35-5-2/h6-13,18,21H,4-5,14-17,19H2,1-3H3/b13-11+. The quantitative estimate of drug-likeness (QED) is 0.381. The third-order valence-electron chi connectivity index (χ3n) is 6.75. The fraction of sp³-hybridized carbons (Fsp3) is 0.393. The first-order valence-electron chi connectivity index (χ1n) is 12.3. The number of nitrogens with zero attached hydrogens (tertiary/aromatic N) is 3. The van der Waals surface area contributed by atoms with Crippen LogP contribution in [0.25, 0.3) is 27.9 Å². The van der Waals surface area contributed by atoms with Gasteiger partial charge in [-0.05, 0) is 56.5 Å². The number of aromatic nitrogens is 1. The van der Waals surface area contributed by atoms with E-state index in [-0.39, 0.29) is 30.2 Å². The summed E-state index contributed by atoms with van der Waals surface area (Å²) in [6.45, 7) is 6.21. The highest BCUT2D eigenvalue weighted by atomic mass is 16.5. The fourth-order valence-electron chi connectivity index (χ4n) is 4.82. The van der Waals surface area contributed by atoms with Crippen molar-refractivity contribution < 1.29 is 19.1 Å². The summed E-state index contributed by atoms with van der Waals surface area (Å²) in [6, 6.07) is 14.5. The predicted molar refractivity (Wildman–Crippen MR) is 138 cm³/mol. The molecule has 0 radical (unpaired) electrons. The van der Waals surface area contributed by atoms with Crippen LogP contribution in [0.15, 0.2) is 48.5 Å².